The van der Waals surface area contributed by atoms with Crippen LogP contribution in [0.2, 0.25) is 0 Å². The molecule has 0 spiro atoms. The lowest BCUT2D eigenvalue weighted by Crippen LogP contribution is -2.37. The van der Waals surface area contributed by atoms with E-state index in [-0.39, 0.29) is 18.4 Å². The molecule has 2 aromatic carbocycles. The maximum absolute atomic E-state index is 13.9. The highest BCUT2D eigenvalue weighted by molar-refractivity contribution is 5.84. The van der Waals surface area contributed by atoms with E-state index in [1.54, 1.807) is 0 Å². The molecule has 2 heterocycles. The summed E-state index contributed by atoms with van der Waals surface area (Å²) in [6, 6.07) is 22.4. The number of carbonyl (C=O) groups excluding carboxylic acids is 1. The Morgan fingerprint density at radius 2 is 1.62 bits per heavy atom. The number of nitrogens with one attached hydrogen (secondary N) is 1. The SMILES string of the molecule is O=C(NC(CO)c1ccccc1)C(c1ccc(Cn2c3c(c4cccnc42)CCCC3)cc1)C1CCCCCC1. The maximum Gasteiger partial charge on any atom is 0.228 e. The Bertz CT molecular complexity index is 1420. The van der Waals surface area contributed by atoms with Crippen LogP contribution in [0.25, 0.3) is 11.0 Å². The molecule has 2 unspecified atom stereocenters. The quantitative estimate of drug-likeness (QED) is 0.242. The molecule has 40 heavy (non-hydrogen) atoms. The van der Waals surface area contributed by atoms with Gasteiger partial charge in [-0.25, -0.2) is 4.98 Å². The molecule has 2 aliphatic rings. The summed E-state index contributed by atoms with van der Waals surface area (Å²) in [6.07, 6.45) is 13.6. The van der Waals surface area contributed by atoms with Gasteiger partial charge in [-0.2, -0.15) is 0 Å². The van der Waals surface area contributed by atoms with Gasteiger partial charge in [0, 0.05) is 23.8 Å². The summed E-state index contributed by atoms with van der Waals surface area (Å²) in [4.78, 5) is 18.7. The van der Waals surface area contributed by atoms with Crippen LogP contribution in [-0.2, 0) is 24.2 Å². The first kappa shape index (κ1) is 26.8. The number of amides is 1. The number of aromatic nitrogens is 2. The van der Waals surface area contributed by atoms with Crippen LogP contribution in [0.1, 0.15) is 91.3 Å². The molecule has 1 amide bonds. The first-order valence-corrected chi connectivity index (χ1v) is 15.2. The van der Waals surface area contributed by atoms with Gasteiger partial charge >= 0.3 is 0 Å². The van der Waals surface area contributed by atoms with Crippen molar-refractivity contribution in [3.63, 3.8) is 0 Å². The molecule has 1 fully saturated rings. The van der Waals surface area contributed by atoms with Crippen molar-refractivity contribution in [3.05, 3.63) is 101 Å². The third-order valence-electron chi connectivity index (χ3n) is 9.17. The standard InChI is InChI=1S/C35H41N3O2/c39-24-31(26-11-6-3-7-12-26)37-35(40)33(27-13-4-1-2-5-14-27)28-20-18-25(19-21-28)23-38-32-17-9-8-15-29(32)30-16-10-22-36-34(30)38/h3,6-7,10-12,16,18-22,27,31,33,39H,1-2,4-5,8-9,13-15,17,23-24H2,(H,37,40). The number of nitrogens with zero attached hydrogens (tertiary/aromatic N) is 2. The van der Waals surface area contributed by atoms with Crippen molar-refractivity contribution in [3.8, 4) is 0 Å². The molecular formula is C35H41N3O2. The molecule has 5 nitrogen and oxygen atoms in total. The zero-order valence-corrected chi connectivity index (χ0v) is 23.4. The summed E-state index contributed by atoms with van der Waals surface area (Å²) in [5.41, 5.74) is 7.26. The van der Waals surface area contributed by atoms with E-state index in [1.165, 1.54) is 60.7 Å². The van der Waals surface area contributed by atoms with E-state index in [2.05, 4.69) is 40.2 Å². The summed E-state index contributed by atoms with van der Waals surface area (Å²) >= 11 is 0. The zero-order valence-electron chi connectivity index (χ0n) is 23.4. The van der Waals surface area contributed by atoms with E-state index in [0.29, 0.717) is 5.92 Å². The molecule has 1 saturated carbocycles. The van der Waals surface area contributed by atoms with Gasteiger partial charge in [0.25, 0.3) is 0 Å². The number of aryl methyl sites for hydroxylation is 1. The number of aliphatic hydroxyl groups is 1. The van der Waals surface area contributed by atoms with Gasteiger partial charge in [0.05, 0.1) is 18.6 Å². The largest absolute Gasteiger partial charge is 0.394 e. The van der Waals surface area contributed by atoms with Crippen LogP contribution in [0.3, 0.4) is 0 Å². The van der Waals surface area contributed by atoms with Crippen LogP contribution in [0.4, 0.5) is 0 Å². The Kier molecular flexibility index (Phi) is 8.29. The molecule has 0 aliphatic heterocycles. The van der Waals surface area contributed by atoms with Gasteiger partial charge in [-0.15, -0.1) is 0 Å². The topological polar surface area (TPSA) is 67.2 Å². The second-order valence-electron chi connectivity index (χ2n) is 11.7. The molecule has 208 valence electrons. The molecule has 0 saturated heterocycles. The smallest absolute Gasteiger partial charge is 0.228 e. The number of benzene rings is 2. The number of rotatable bonds is 8. The van der Waals surface area contributed by atoms with Crippen molar-refractivity contribution < 1.29 is 9.90 Å². The van der Waals surface area contributed by atoms with Gasteiger partial charge in [0.2, 0.25) is 5.91 Å². The minimum atomic E-state index is -0.401. The minimum absolute atomic E-state index is 0.0252. The highest BCUT2D eigenvalue weighted by atomic mass is 16.3. The van der Waals surface area contributed by atoms with Crippen LogP contribution in [0.5, 0.6) is 0 Å². The molecule has 0 radical (unpaired) electrons. The van der Waals surface area contributed by atoms with Crippen LogP contribution in [0.15, 0.2) is 72.9 Å². The molecule has 2 N–H and O–H groups in total. The number of hydrogen-bond donors (Lipinski definition) is 2. The van der Waals surface area contributed by atoms with E-state index in [4.69, 9.17) is 4.98 Å². The van der Waals surface area contributed by atoms with E-state index >= 15 is 0 Å². The first-order chi connectivity index (χ1) is 19.7. The second-order valence-corrected chi connectivity index (χ2v) is 11.7. The maximum atomic E-state index is 13.9. The van der Waals surface area contributed by atoms with Gasteiger partial charge in [0.15, 0.2) is 0 Å². The van der Waals surface area contributed by atoms with Crippen molar-refractivity contribution in [2.24, 2.45) is 5.92 Å². The molecule has 6 rings (SSSR count). The lowest BCUT2D eigenvalue weighted by molar-refractivity contribution is -0.125. The summed E-state index contributed by atoms with van der Waals surface area (Å²) < 4.78 is 2.42. The number of carbonyl (C=O) groups is 1. The van der Waals surface area contributed by atoms with Crippen molar-refractivity contribution in [2.45, 2.75) is 82.7 Å². The van der Waals surface area contributed by atoms with E-state index in [9.17, 15) is 9.90 Å². The number of aliphatic hydroxyl groups excluding tert-OH is 1. The minimum Gasteiger partial charge on any atom is -0.394 e. The lowest BCUT2D eigenvalue weighted by Gasteiger charge is -2.28. The highest BCUT2D eigenvalue weighted by Gasteiger charge is 2.32. The number of pyridine rings is 1. The molecule has 4 aromatic rings. The summed E-state index contributed by atoms with van der Waals surface area (Å²) in [7, 11) is 0. The summed E-state index contributed by atoms with van der Waals surface area (Å²) in [6.45, 7) is 0.680. The molecule has 2 aromatic heterocycles. The summed E-state index contributed by atoms with van der Waals surface area (Å²) in [5.74, 6) is 0.122. The Morgan fingerprint density at radius 3 is 2.38 bits per heavy atom. The predicted molar refractivity (Wildman–Crippen MR) is 160 cm³/mol. The van der Waals surface area contributed by atoms with Crippen molar-refractivity contribution in [2.75, 3.05) is 6.61 Å². The van der Waals surface area contributed by atoms with Crippen LogP contribution in [0, 0.1) is 5.92 Å². The first-order valence-electron chi connectivity index (χ1n) is 15.2. The van der Waals surface area contributed by atoms with E-state index < -0.39 is 6.04 Å². The Hall–Kier alpha value is -3.44. The fourth-order valence-electron chi connectivity index (χ4n) is 7.10. The van der Waals surface area contributed by atoms with Crippen LogP contribution < -0.4 is 5.32 Å². The predicted octanol–water partition coefficient (Wildman–Crippen LogP) is 6.87. The fourth-order valence-corrected chi connectivity index (χ4v) is 7.10. The zero-order chi connectivity index (χ0) is 27.3. The highest BCUT2D eigenvalue weighted by Crippen LogP contribution is 2.37. The summed E-state index contributed by atoms with van der Waals surface area (Å²) in [5, 5.41) is 14.6. The molecule has 5 heteroatoms. The van der Waals surface area contributed by atoms with Gasteiger partial charge in [-0.1, -0.05) is 80.3 Å². The van der Waals surface area contributed by atoms with Crippen LogP contribution >= 0.6 is 0 Å². The third-order valence-corrected chi connectivity index (χ3v) is 9.17. The second kappa shape index (κ2) is 12.4. The van der Waals surface area contributed by atoms with Gasteiger partial charge < -0.3 is 15.0 Å². The van der Waals surface area contributed by atoms with Crippen molar-refractivity contribution >= 4 is 16.9 Å². The van der Waals surface area contributed by atoms with Gasteiger partial charge in [-0.05, 0) is 78.8 Å². The molecule has 2 aliphatic carbocycles. The van der Waals surface area contributed by atoms with Crippen molar-refractivity contribution in [1.29, 1.82) is 0 Å². The number of hydrogen-bond acceptors (Lipinski definition) is 3. The van der Waals surface area contributed by atoms with E-state index in [0.717, 1.165) is 49.0 Å². The monoisotopic (exact) mass is 535 g/mol. The number of fused-ring (bicyclic) bond motifs is 3. The van der Waals surface area contributed by atoms with Crippen LogP contribution in [-0.4, -0.2) is 27.2 Å². The molecule has 2 atom stereocenters. The fraction of sp³-hybridized carbons (Fsp3) is 0.429. The van der Waals surface area contributed by atoms with Gasteiger partial charge in [-0.3, -0.25) is 4.79 Å². The molecular weight excluding hydrogens is 494 g/mol. The average molecular weight is 536 g/mol. The lowest BCUT2D eigenvalue weighted by atomic mass is 9.80. The average Bonchev–Trinajstić information content (AvgIpc) is 3.13. The Labute approximate surface area is 237 Å². The third kappa shape index (κ3) is 5.57. The normalized spacial score (nSPS) is 17.6. The van der Waals surface area contributed by atoms with E-state index in [1.807, 2.05) is 42.6 Å². The van der Waals surface area contributed by atoms with Crippen molar-refractivity contribution in [1.82, 2.24) is 14.9 Å². The molecule has 0 bridgehead atoms. The Morgan fingerprint density at radius 1 is 0.875 bits per heavy atom. The Balaban J connectivity index is 1.27. The van der Waals surface area contributed by atoms with Gasteiger partial charge in [0.1, 0.15) is 5.65 Å².